The van der Waals surface area contributed by atoms with E-state index in [1.807, 2.05) is 0 Å². The number of carbonyl (C=O) groups excluding carboxylic acids is 1. The molecule has 0 saturated carbocycles. The van der Waals surface area contributed by atoms with Crippen molar-refractivity contribution in [2.45, 2.75) is 5.92 Å². The molecule has 1 aromatic rings. The first kappa shape index (κ1) is 11.6. The van der Waals surface area contributed by atoms with Crippen molar-refractivity contribution >= 4 is 5.97 Å². The summed E-state index contributed by atoms with van der Waals surface area (Å²) in [5.74, 6) is 1.09. The molecule has 1 atom stereocenters. The fourth-order valence-electron chi connectivity index (χ4n) is 1.87. The van der Waals surface area contributed by atoms with Crippen LogP contribution in [0, 0.1) is 0 Å². The van der Waals surface area contributed by atoms with Crippen molar-refractivity contribution in [2.75, 3.05) is 27.9 Å². The van der Waals surface area contributed by atoms with E-state index >= 15 is 0 Å². The van der Waals surface area contributed by atoms with E-state index < -0.39 is 5.92 Å². The van der Waals surface area contributed by atoms with Crippen molar-refractivity contribution in [2.24, 2.45) is 0 Å². The van der Waals surface area contributed by atoms with Crippen molar-refractivity contribution < 1.29 is 23.7 Å². The molecule has 5 heteroatoms. The maximum absolute atomic E-state index is 11.6. The van der Waals surface area contributed by atoms with Crippen LogP contribution < -0.4 is 14.2 Å². The molecule has 0 radical (unpaired) electrons. The van der Waals surface area contributed by atoms with E-state index in [4.69, 9.17) is 18.9 Å². The first-order chi connectivity index (χ1) is 8.21. The van der Waals surface area contributed by atoms with Gasteiger partial charge in [-0.1, -0.05) is 0 Å². The molecule has 0 fully saturated rings. The molecule has 17 heavy (non-hydrogen) atoms. The van der Waals surface area contributed by atoms with Gasteiger partial charge in [0.05, 0.1) is 21.3 Å². The van der Waals surface area contributed by atoms with Gasteiger partial charge < -0.3 is 18.9 Å². The predicted octanol–water partition coefficient (Wildman–Crippen LogP) is 1.35. The van der Waals surface area contributed by atoms with Gasteiger partial charge in [-0.3, -0.25) is 4.79 Å². The Morgan fingerprint density at radius 3 is 2.47 bits per heavy atom. The molecule has 1 heterocycles. The lowest BCUT2D eigenvalue weighted by molar-refractivity contribution is -0.142. The van der Waals surface area contributed by atoms with Crippen LogP contribution in [-0.4, -0.2) is 33.9 Å². The molecule has 0 N–H and O–H groups in total. The second-order valence-corrected chi connectivity index (χ2v) is 3.63. The minimum absolute atomic E-state index is 0.290. The smallest absolute Gasteiger partial charge is 0.316 e. The molecular weight excluding hydrogens is 224 g/mol. The number of methoxy groups -OCH3 is 3. The Morgan fingerprint density at radius 2 is 1.88 bits per heavy atom. The van der Waals surface area contributed by atoms with Gasteiger partial charge >= 0.3 is 5.97 Å². The average Bonchev–Trinajstić information content (AvgIpc) is 2.78. The van der Waals surface area contributed by atoms with Crippen molar-refractivity contribution in [3.63, 3.8) is 0 Å². The van der Waals surface area contributed by atoms with Gasteiger partial charge in [0.1, 0.15) is 18.3 Å². The number of esters is 1. The highest BCUT2D eigenvalue weighted by atomic mass is 16.5. The summed E-state index contributed by atoms with van der Waals surface area (Å²) in [5.41, 5.74) is 0.773. The van der Waals surface area contributed by atoms with Crippen LogP contribution in [0.15, 0.2) is 12.1 Å². The highest BCUT2D eigenvalue weighted by molar-refractivity contribution is 5.81. The average molecular weight is 238 g/mol. The zero-order valence-corrected chi connectivity index (χ0v) is 9.98. The summed E-state index contributed by atoms with van der Waals surface area (Å²) in [7, 11) is 4.46. The molecule has 0 aromatic heterocycles. The Bertz CT molecular complexity index is 441. The second-order valence-electron chi connectivity index (χ2n) is 3.63. The van der Waals surface area contributed by atoms with Crippen LogP contribution >= 0.6 is 0 Å². The standard InChI is InChI=1S/C12H14O5/c1-14-10-4-7-8(12(13)16-3)6-17-9(7)5-11(10)15-2/h4-5,8H,6H2,1-3H3. The van der Waals surface area contributed by atoms with Crippen LogP contribution in [0.1, 0.15) is 11.5 Å². The zero-order valence-electron chi connectivity index (χ0n) is 9.98. The van der Waals surface area contributed by atoms with Crippen molar-refractivity contribution in [1.82, 2.24) is 0 Å². The highest BCUT2D eigenvalue weighted by Crippen LogP contribution is 2.42. The van der Waals surface area contributed by atoms with E-state index in [0.717, 1.165) is 5.56 Å². The van der Waals surface area contributed by atoms with Gasteiger partial charge in [-0.15, -0.1) is 0 Å². The van der Waals surface area contributed by atoms with Crippen LogP contribution in [0.25, 0.3) is 0 Å². The summed E-state index contributed by atoms with van der Waals surface area (Å²) in [4.78, 5) is 11.6. The summed E-state index contributed by atoms with van der Waals surface area (Å²) >= 11 is 0. The minimum Gasteiger partial charge on any atom is -0.493 e. The number of benzene rings is 1. The van der Waals surface area contributed by atoms with Crippen LogP contribution in [0.2, 0.25) is 0 Å². The molecular formula is C12H14O5. The molecule has 0 saturated heterocycles. The Hall–Kier alpha value is -1.91. The summed E-state index contributed by atoms with van der Waals surface area (Å²) < 4.78 is 20.5. The summed E-state index contributed by atoms with van der Waals surface area (Å²) in [5, 5.41) is 0. The van der Waals surface area contributed by atoms with Crippen LogP contribution in [0.3, 0.4) is 0 Å². The van der Waals surface area contributed by atoms with E-state index in [2.05, 4.69) is 0 Å². The zero-order chi connectivity index (χ0) is 12.4. The molecule has 0 aliphatic carbocycles. The number of carbonyl (C=O) groups is 1. The largest absolute Gasteiger partial charge is 0.493 e. The number of hydrogen-bond acceptors (Lipinski definition) is 5. The maximum Gasteiger partial charge on any atom is 0.316 e. The molecule has 5 nitrogen and oxygen atoms in total. The summed E-state index contributed by atoms with van der Waals surface area (Å²) in [6, 6.07) is 3.47. The normalized spacial score (nSPS) is 17.0. The molecule has 92 valence electrons. The third-order valence-corrected chi connectivity index (χ3v) is 2.78. The Labute approximate surface area is 99.2 Å². The maximum atomic E-state index is 11.6. The lowest BCUT2D eigenvalue weighted by Gasteiger charge is -2.10. The van der Waals surface area contributed by atoms with Crippen molar-refractivity contribution in [3.8, 4) is 17.2 Å². The topological polar surface area (TPSA) is 54.0 Å². The Balaban J connectivity index is 2.42. The van der Waals surface area contributed by atoms with Gasteiger partial charge in [0.2, 0.25) is 0 Å². The van der Waals surface area contributed by atoms with E-state index in [1.165, 1.54) is 7.11 Å². The fraction of sp³-hybridized carbons (Fsp3) is 0.417. The summed E-state index contributed by atoms with van der Waals surface area (Å²) in [6.07, 6.45) is 0. The molecule has 0 spiro atoms. The second kappa shape index (κ2) is 4.53. The highest BCUT2D eigenvalue weighted by Gasteiger charge is 2.32. The van der Waals surface area contributed by atoms with Crippen molar-refractivity contribution in [1.29, 1.82) is 0 Å². The Kier molecular flexibility index (Phi) is 3.08. The third-order valence-electron chi connectivity index (χ3n) is 2.78. The molecule has 1 aliphatic heterocycles. The predicted molar refractivity (Wildman–Crippen MR) is 59.8 cm³/mol. The van der Waals surface area contributed by atoms with Crippen LogP contribution in [0.4, 0.5) is 0 Å². The molecule has 1 aliphatic rings. The quantitative estimate of drug-likeness (QED) is 0.744. The Morgan fingerprint density at radius 1 is 1.24 bits per heavy atom. The number of hydrogen-bond donors (Lipinski definition) is 0. The van der Waals surface area contributed by atoms with Gasteiger partial charge in [-0.25, -0.2) is 0 Å². The molecule has 0 amide bonds. The molecule has 1 unspecified atom stereocenters. The van der Waals surface area contributed by atoms with Gasteiger partial charge in [0.25, 0.3) is 0 Å². The number of rotatable bonds is 3. The number of ether oxygens (including phenoxy) is 4. The van der Waals surface area contributed by atoms with E-state index in [1.54, 1.807) is 26.4 Å². The molecule has 2 rings (SSSR count). The first-order valence-electron chi connectivity index (χ1n) is 5.17. The summed E-state index contributed by atoms with van der Waals surface area (Å²) in [6.45, 7) is 0.290. The van der Waals surface area contributed by atoms with Gasteiger partial charge in [0, 0.05) is 11.6 Å². The van der Waals surface area contributed by atoms with Gasteiger partial charge in [-0.2, -0.15) is 0 Å². The van der Waals surface area contributed by atoms with Crippen LogP contribution in [-0.2, 0) is 9.53 Å². The lowest BCUT2D eigenvalue weighted by Crippen LogP contribution is -2.15. The van der Waals surface area contributed by atoms with Gasteiger partial charge in [0.15, 0.2) is 11.5 Å². The third kappa shape index (κ3) is 1.88. The molecule has 0 bridgehead atoms. The van der Waals surface area contributed by atoms with Gasteiger partial charge in [-0.05, 0) is 6.07 Å². The monoisotopic (exact) mass is 238 g/mol. The lowest BCUT2D eigenvalue weighted by atomic mass is 10.0. The molecule has 1 aromatic carbocycles. The van der Waals surface area contributed by atoms with E-state index in [9.17, 15) is 4.79 Å². The fourth-order valence-corrected chi connectivity index (χ4v) is 1.87. The minimum atomic E-state index is -0.394. The SMILES string of the molecule is COC(=O)C1COc2cc(OC)c(OC)cc21. The van der Waals surface area contributed by atoms with Crippen LogP contribution in [0.5, 0.6) is 17.2 Å². The number of fused-ring (bicyclic) bond motifs is 1. The first-order valence-corrected chi connectivity index (χ1v) is 5.17. The van der Waals surface area contributed by atoms with E-state index in [0.29, 0.717) is 23.9 Å². The van der Waals surface area contributed by atoms with E-state index in [-0.39, 0.29) is 5.97 Å². The van der Waals surface area contributed by atoms with Crippen molar-refractivity contribution in [3.05, 3.63) is 17.7 Å².